The van der Waals surface area contributed by atoms with Gasteiger partial charge in [0.1, 0.15) is 0 Å². The normalized spacial score (nSPS) is 9.58. The molecule has 0 aromatic carbocycles. The molecule has 3 heteroatoms. The number of nitrogens with zero attached hydrogens (tertiary/aromatic N) is 1. The van der Waals surface area contributed by atoms with Crippen LogP contribution in [0.4, 0.5) is 0 Å². The fourth-order valence-corrected chi connectivity index (χ4v) is 0.965. The van der Waals surface area contributed by atoms with Crippen LogP contribution >= 0.6 is 0 Å². The lowest BCUT2D eigenvalue weighted by Gasteiger charge is -2.17. The van der Waals surface area contributed by atoms with Crippen LogP contribution in [-0.4, -0.2) is 23.3 Å². The second-order valence-electron chi connectivity index (χ2n) is 2.77. The molecule has 70 valence electrons. The van der Waals surface area contributed by atoms with Crippen molar-refractivity contribution in [3.8, 4) is 0 Å². The predicted molar refractivity (Wildman–Crippen MR) is 47.6 cm³/mol. The van der Waals surface area contributed by atoms with E-state index in [2.05, 4.69) is 0 Å². The maximum absolute atomic E-state index is 11.2. The van der Waals surface area contributed by atoms with E-state index in [1.54, 1.807) is 6.92 Å². The summed E-state index contributed by atoms with van der Waals surface area (Å²) in [5.41, 5.74) is 0. The van der Waals surface area contributed by atoms with Gasteiger partial charge in [0.2, 0.25) is 11.8 Å². The third-order valence-corrected chi connectivity index (χ3v) is 1.72. The van der Waals surface area contributed by atoms with Crippen molar-refractivity contribution in [1.29, 1.82) is 0 Å². The molecular weight excluding hydrogens is 154 g/mol. The summed E-state index contributed by atoms with van der Waals surface area (Å²) < 4.78 is 0. The zero-order valence-corrected chi connectivity index (χ0v) is 8.09. The van der Waals surface area contributed by atoms with Gasteiger partial charge in [-0.3, -0.25) is 14.5 Å². The first-order chi connectivity index (χ1) is 5.63. The number of amides is 2. The molecule has 0 fully saturated rings. The van der Waals surface area contributed by atoms with E-state index in [4.69, 9.17) is 0 Å². The van der Waals surface area contributed by atoms with Gasteiger partial charge in [0.15, 0.2) is 0 Å². The standard InChI is InChI=1S/C9H17NO2/c1-4-6-7-10(8(3)11)9(12)5-2/h4-7H2,1-3H3. The molecule has 12 heavy (non-hydrogen) atoms. The molecule has 0 unspecified atom stereocenters. The lowest BCUT2D eigenvalue weighted by Crippen LogP contribution is -2.35. The monoisotopic (exact) mass is 171 g/mol. The first kappa shape index (κ1) is 11.1. The van der Waals surface area contributed by atoms with E-state index in [1.165, 1.54) is 11.8 Å². The Labute approximate surface area is 73.7 Å². The number of carbonyl (C=O) groups excluding carboxylic acids is 2. The Morgan fingerprint density at radius 1 is 1.25 bits per heavy atom. The molecule has 0 spiro atoms. The molecule has 0 radical (unpaired) electrons. The smallest absolute Gasteiger partial charge is 0.228 e. The molecule has 0 heterocycles. The SMILES string of the molecule is CCCCN(C(C)=O)C(=O)CC. The van der Waals surface area contributed by atoms with E-state index in [-0.39, 0.29) is 11.8 Å². The fourth-order valence-electron chi connectivity index (χ4n) is 0.965. The maximum atomic E-state index is 11.2. The van der Waals surface area contributed by atoms with Crippen LogP contribution in [0.5, 0.6) is 0 Å². The third-order valence-electron chi connectivity index (χ3n) is 1.72. The first-order valence-electron chi connectivity index (χ1n) is 4.44. The fraction of sp³-hybridized carbons (Fsp3) is 0.778. The van der Waals surface area contributed by atoms with Crippen molar-refractivity contribution in [2.45, 2.75) is 40.0 Å². The molecule has 3 nitrogen and oxygen atoms in total. The zero-order chi connectivity index (χ0) is 9.56. The summed E-state index contributed by atoms with van der Waals surface area (Å²) in [6.45, 7) is 5.81. The minimum absolute atomic E-state index is 0.0732. The average Bonchev–Trinajstić information content (AvgIpc) is 2.04. The van der Waals surface area contributed by atoms with Gasteiger partial charge < -0.3 is 0 Å². The summed E-state index contributed by atoms with van der Waals surface area (Å²) in [6.07, 6.45) is 2.30. The van der Waals surface area contributed by atoms with Gasteiger partial charge in [-0.05, 0) is 6.42 Å². The van der Waals surface area contributed by atoms with Gasteiger partial charge in [0.05, 0.1) is 0 Å². The van der Waals surface area contributed by atoms with Crippen LogP contribution in [0, 0.1) is 0 Å². The molecule has 2 amide bonds. The molecule has 0 saturated heterocycles. The molecule has 0 aliphatic heterocycles. The van der Waals surface area contributed by atoms with Gasteiger partial charge >= 0.3 is 0 Å². The van der Waals surface area contributed by atoms with Crippen molar-refractivity contribution in [2.24, 2.45) is 0 Å². The van der Waals surface area contributed by atoms with Crippen LogP contribution in [0.3, 0.4) is 0 Å². The molecule has 0 N–H and O–H groups in total. The molecule has 0 rings (SSSR count). The van der Waals surface area contributed by atoms with Gasteiger partial charge in [-0.25, -0.2) is 0 Å². The Balaban J connectivity index is 4.04. The Morgan fingerprint density at radius 3 is 2.17 bits per heavy atom. The number of imide groups is 1. The van der Waals surface area contributed by atoms with Gasteiger partial charge in [-0.1, -0.05) is 20.3 Å². The minimum Gasteiger partial charge on any atom is -0.283 e. The number of carbonyl (C=O) groups is 2. The summed E-state index contributed by atoms with van der Waals surface area (Å²) in [6, 6.07) is 0. The Bertz CT molecular complexity index is 166. The number of hydrogen-bond donors (Lipinski definition) is 0. The van der Waals surface area contributed by atoms with E-state index in [1.807, 2.05) is 6.92 Å². The molecule has 0 aliphatic carbocycles. The van der Waals surface area contributed by atoms with Crippen LogP contribution in [0.15, 0.2) is 0 Å². The number of unbranched alkanes of at least 4 members (excludes halogenated alkanes) is 1. The summed E-state index contributed by atoms with van der Waals surface area (Å²) in [4.78, 5) is 23.4. The van der Waals surface area contributed by atoms with E-state index in [0.717, 1.165) is 12.8 Å². The quantitative estimate of drug-likeness (QED) is 0.644. The predicted octanol–water partition coefficient (Wildman–Crippen LogP) is 1.57. The molecule has 0 aromatic heterocycles. The Morgan fingerprint density at radius 2 is 1.83 bits per heavy atom. The summed E-state index contributed by atoms with van der Waals surface area (Å²) in [5.74, 6) is -0.216. The largest absolute Gasteiger partial charge is 0.283 e. The highest BCUT2D eigenvalue weighted by atomic mass is 16.2. The molecule has 0 atom stereocenters. The lowest BCUT2D eigenvalue weighted by atomic mass is 10.3. The van der Waals surface area contributed by atoms with Crippen molar-refractivity contribution >= 4 is 11.8 Å². The molecule has 0 aliphatic rings. The molecular formula is C9H17NO2. The van der Waals surface area contributed by atoms with Crippen molar-refractivity contribution < 1.29 is 9.59 Å². The van der Waals surface area contributed by atoms with Crippen LogP contribution < -0.4 is 0 Å². The van der Waals surface area contributed by atoms with Crippen molar-refractivity contribution in [1.82, 2.24) is 4.90 Å². The Hall–Kier alpha value is -0.860. The second-order valence-corrected chi connectivity index (χ2v) is 2.77. The highest BCUT2D eigenvalue weighted by Gasteiger charge is 2.14. The van der Waals surface area contributed by atoms with Gasteiger partial charge in [-0.2, -0.15) is 0 Å². The van der Waals surface area contributed by atoms with E-state index < -0.39 is 0 Å². The third kappa shape index (κ3) is 3.51. The zero-order valence-electron chi connectivity index (χ0n) is 8.09. The van der Waals surface area contributed by atoms with Crippen LogP contribution in [-0.2, 0) is 9.59 Å². The average molecular weight is 171 g/mol. The van der Waals surface area contributed by atoms with E-state index in [9.17, 15) is 9.59 Å². The number of hydrogen-bond acceptors (Lipinski definition) is 2. The van der Waals surface area contributed by atoms with Gasteiger partial charge in [0, 0.05) is 19.9 Å². The highest BCUT2D eigenvalue weighted by molar-refractivity contribution is 5.93. The Kier molecular flexibility index (Phi) is 5.34. The van der Waals surface area contributed by atoms with Crippen molar-refractivity contribution in [3.63, 3.8) is 0 Å². The molecule has 0 bridgehead atoms. The van der Waals surface area contributed by atoms with Crippen LogP contribution in [0.25, 0.3) is 0 Å². The van der Waals surface area contributed by atoms with Crippen LogP contribution in [0.1, 0.15) is 40.0 Å². The van der Waals surface area contributed by atoms with Gasteiger partial charge in [0.25, 0.3) is 0 Å². The number of rotatable bonds is 4. The second kappa shape index (κ2) is 5.75. The topological polar surface area (TPSA) is 37.4 Å². The van der Waals surface area contributed by atoms with Gasteiger partial charge in [-0.15, -0.1) is 0 Å². The minimum atomic E-state index is -0.143. The molecule has 0 aromatic rings. The van der Waals surface area contributed by atoms with Crippen molar-refractivity contribution in [3.05, 3.63) is 0 Å². The first-order valence-corrected chi connectivity index (χ1v) is 4.44. The maximum Gasteiger partial charge on any atom is 0.228 e. The van der Waals surface area contributed by atoms with Crippen molar-refractivity contribution in [2.75, 3.05) is 6.54 Å². The summed E-state index contributed by atoms with van der Waals surface area (Å²) >= 11 is 0. The highest BCUT2D eigenvalue weighted by Crippen LogP contribution is 1.98. The van der Waals surface area contributed by atoms with E-state index in [0.29, 0.717) is 13.0 Å². The lowest BCUT2D eigenvalue weighted by molar-refractivity contribution is -0.143. The summed E-state index contributed by atoms with van der Waals surface area (Å²) in [5, 5.41) is 0. The van der Waals surface area contributed by atoms with E-state index >= 15 is 0 Å². The van der Waals surface area contributed by atoms with Crippen LogP contribution in [0.2, 0.25) is 0 Å². The molecule has 0 saturated carbocycles. The summed E-state index contributed by atoms with van der Waals surface area (Å²) in [7, 11) is 0.